The first-order valence-electron chi connectivity index (χ1n) is 9.22. The quantitative estimate of drug-likeness (QED) is 0.775. The fourth-order valence-corrected chi connectivity index (χ4v) is 2.94. The van der Waals surface area contributed by atoms with Crippen LogP contribution in [0, 0.1) is 0 Å². The van der Waals surface area contributed by atoms with E-state index in [0.717, 1.165) is 18.8 Å². The standard InChI is InChI=1S/C20H25N3O4/c1-3-23(4-2)12-14-9-10-16(20(25)22-14)19(24)21-11-15-13-26-17-7-5-6-8-18(17)27-15/h5-10,15H,3-4,11-13H2,1-2H3,(H,21,24)(H,22,25). The number of aromatic nitrogens is 1. The minimum absolute atomic E-state index is 0.0930. The van der Waals surface area contributed by atoms with E-state index in [4.69, 9.17) is 9.47 Å². The first-order chi connectivity index (χ1) is 13.1. The average Bonchev–Trinajstić information content (AvgIpc) is 2.70. The Kier molecular flexibility index (Phi) is 6.13. The third-order valence-corrected chi connectivity index (χ3v) is 4.56. The Balaban J connectivity index is 1.58. The van der Waals surface area contributed by atoms with Gasteiger partial charge in [-0.05, 0) is 37.4 Å². The second kappa shape index (κ2) is 8.73. The summed E-state index contributed by atoms with van der Waals surface area (Å²) in [6.07, 6.45) is -0.301. The lowest BCUT2D eigenvalue weighted by atomic mass is 10.2. The van der Waals surface area contributed by atoms with Crippen molar-refractivity contribution in [2.24, 2.45) is 0 Å². The van der Waals surface area contributed by atoms with Gasteiger partial charge >= 0.3 is 0 Å². The number of para-hydroxylation sites is 2. The average molecular weight is 371 g/mol. The van der Waals surface area contributed by atoms with Crippen LogP contribution in [0.1, 0.15) is 29.9 Å². The van der Waals surface area contributed by atoms with Crippen molar-refractivity contribution in [2.75, 3.05) is 26.2 Å². The summed E-state index contributed by atoms with van der Waals surface area (Å²) in [7, 11) is 0. The van der Waals surface area contributed by atoms with Crippen molar-refractivity contribution in [3.8, 4) is 11.5 Å². The zero-order valence-corrected chi connectivity index (χ0v) is 15.7. The Morgan fingerprint density at radius 2 is 1.93 bits per heavy atom. The zero-order chi connectivity index (χ0) is 19.2. The molecule has 1 aliphatic heterocycles. The molecule has 2 heterocycles. The largest absolute Gasteiger partial charge is 0.486 e. The van der Waals surface area contributed by atoms with Gasteiger partial charge in [0.05, 0.1) is 6.54 Å². The Morgan fingerprint density at radius 3 is 2.63 bits per heavy atom. The minimum Gasteiger partial charge on any atom is -0.486 e. The summed E-state index contributed by atoms with van der Waals surface area (Å²) in [6.45, 7) is 7.18. The van der Waals surface area contributed by atoms with E-state index in [1.54, 1.807) is 12.1 Å². The van der Waals surface area contributed by atoms with Crippen molar-refractivity contribution in [1.29, 1.82) is 0 Å². The number of carbonyl (C=O) groups excluding carboxylic acids is 1. The Hall–Kier alpha value is -2.80. The van der Waals surface area contributed by atoms with Gasteiger partial charge in [-0.2, -0.15) is 0 Å². The summed E-state index contributed by atoms with van der Waals surface area (Å²) >= 11 is 0. The molecule has 0 bridgehead atoms. The molecule has 1 aromatic carbocycles. The second-order valence-corrected chi connectivity index (χ2v) is 6.40. The van der Waals surface area contributed by atoms with Gasteiger partial charge in [0.15, 0.2) is 11.5 Å². The summed E-state index contributed by atoms with van der Waals surface area (Å²) in [4.78, 5) is 29.6. The molecule has 0 saturated carbocycles. The van der Waals surface area contributed by atoms with E-state index in [1.165, 1.54) is 0 Å². The normalized spacial score (nSPS) is 15.6. The van der Waals surface area contributed by atoms with E-state index < -0.39 is 5.91 Å². The van der Waals surface area contributed by atoms with Gasteiger partial charge in [-0.3, -0.25) is 14.5 Å². The summed E-state index contributed by atoms with van der Waals surface area (Å²) in [6, 6.07) is 10.8. The molecule has 0 saturated heterocycles. The number of ether oxygens (including phenoxy) is 2. The number of benzene rings is 1. The van der Waals surface area contributed by atoms with Crippen molar-refractivity contribution in [1.82, 2.24) is 15.2 Å². The van der Waals surface area contributed by atoms with Crippen LogP contribution < -0.4 is 20.3 Å². The molecule has 1 aliphatic rings. The number of hydrogen-bond donors (Lipinski definition) is 2. The molecule has 0 spiro atoms. The molecule has 2 N–H and O–H groups in total. The summed E-state index contributed by atoms with van der Waals surface area (Å²) in [5.74, 6) is 0.926. The number of amides is 1. The lowest BCUT2D eigenvalue weighted by Gasteiger charge is -2.26. The Labute approximate surface area is 158 Å². The Bertz CT molecular complexity index is 845. The van der Waals surface area contributed by atoms with E-state index in [2.05, 4.69) is 29.0 Å². The van der Waals surface area contributed by atoms with Crippen molar-refractivity contribution >= 4 is 5.91 Å². The van der Waals surface area contributed by atoms with Crippen LogP contribution in [0.5, 0.6) is 11.5 Å². The van der Waals surface area contributed by atoms with Gasteiger partial charge in [-0.25, -0.2) is 0 Å². The molecule has 1 unspecified atom stereocenters. The van der Waals surface area contributed by atoms with Crippen molar-refractivity contribution in [2.45, 2.75) is 26.5 Å². The molecule has 0 fully saturated rings. The fraction of sp³-hybridized carbons (Fsp3) is 0.400. The number of fused-ring (bicyclic) bond motifs is 1. The predicted molar refractivity (Wildman–Crippen MR) is 102 cm³/mol. The van der Waals surface area contributed by atoms with E-state index >= 15 is 0 Å². The molecular weight excluding hydrogens is 346 g/mol. The highest BCUT2D eigenvalue weighted by Crippen LogP contribution is 2.30. The molecule has 0 aliphatic carbocycles. The second-order valence-electron chi connectivity index (χ2n) is 6.40. The van der Waals surface area contributed by atoms with Crippen LogP contribution in [-0.2, 0) is 6.54 Å². The third-order valence-electron chi connectivity index (χ3n) is 4.56. The molecule has 7 heteroatoms. The number of nitrogens with one attached hydrogen (secondary N) is 2. The number of pyridine rings is 1. The van der Waals surface area contributed by atoms with Gasteiger partial charge in [-0.1, -0.05) is 26.0 Å². The van der Waals surface area contributed by atoms with E-state index in [1.807, 2.05) is 24.3 Å². The highest BCUT2D eigenvalue weighted by Gasteiger charge is 2.22. The molecule has 2 aromatic rings. The van der Waals surface area contributed by atoms with Gasteiger partial charge in [-0.15, -0.1) is 0 Å². The zero-order valence-electron chi connectivity index (χ0n) is 15.7. The van der Waals surface area contributed by atoms with Crippen LogP contribution in [0.2, 0.25) is 0 Å². The third kappa shape index (κ3) is 4.68. The first kappa shape index (κ1) is 19.0. The fourth-order valence-electron chi connectivity index (χ4n) is 2.94. The smallest absolute Gasteiger partial charge is 0.261 e. The number of aromatic amines is 1. The molecule has 27 heavy (non-hydrogen) atoms. The van der Waals surface area contributed by atoms with Crippen LogP contribution in [0.25, 0.3) is 0 Å². The highest BCUT2D eigenvalue weighted by atomic mass is 16.6. The van der Waals surface area contributed by atoms with Crippen LogP contribution >= 0.6 is 0 Å². The minimum atomic E-state index is -0.423. The van der Waals surface area contributed by atoms with E-state index in [0.29, 0.717) is 24.7 Å². The molecule has 7 nitrogen and oxygen atoms in total. The van der Waals surface area contributed by atoms with Crippen molar-refractivity contribution in [3.63, 3.8) is 0 Å². The maximum atomic E-state index is 12.4. The molecule has 1 amide bonds. The van der Waals surface area contributed by atoms with Crippen LogP contribution in [0.4, 0.5) is 0 Å². The lowest BCUT2D eigenvalue weighted by molar-refractivity contribution is 0.0788. The maximum absolute atomic E-state index is 12.4. The molecule has 144 valence electrons. The van der Waals surface area contributed by atoms with Crippen molar-refractivity contribution < 1.29 is 14.3 Å². The van der Waals surface area contributed by atoms with Crippen LogP contribution in [-0.4, -0.2) is 48.1 Å². The number of carbonyl (C=O) groups is 1. The van der Waals surface area contributed by atoms with Gasteiger partial charge < -0.3 is 19.8 Å². The topological polar surface area (TPSA) is 83.7 Å². The van der Waals surface area contributed by atoms with Gasteiger partial charge in [0, 0.05) is 12.2 Å². The van der Waals surface area contributed by atoms with Gasteiger partial charge in [0.25, 0.3) is 11.5 Å². The lowest BCUT2D eigenvalue weighted by Crippen LogP contribution is -2.42. The molecule has 0 radical (unpaired) electrons. The number of rotatable bonds is 7. The number of nitrogens with zero attached hydrogens (tertiary/aromatic N) is 1. The molecule has 1 atom stereocenters. The van der Waals surface area contributed by atoms with E-state index in [-0.39, 0.29) is 23.8 Å². The molecule has 3 rings (SSSR count). The maximum Gasteiger partial charge on any atom is 0.261 e. The van der Waals surface area contributed by atoms with Gasteiger partial charge in [0.1, 0.15) is 18.3 Å². The van der Waals surface area contributed by atoms with E-state index in [9.17, 15) is 9.59 Å². The summed E-state index contributed by atoms with van der Waals surface area (Å²) in [5.41, 5.74) is 0.500. The van der Waals surface area contributed by atoms with Crippen LogP contribution in [0.3, 0.4) is 0 Å². The summed E-state index contributed by atoms with van der Waals surface area (Å²) < 4.78 is 11.4. The summed E-state index contributed by atoms with van der Waals surface area (Å²) in [5, 5.41) is 2.75. The Morgan fingerprint density at radius 1 is 1.19 bits per heavy atom. The molecular formula is C20H25N3O4. The highest BCUT2D eigenvalue weighted by molar-refractivity contribution is 5.93. The predicted octanol–water partition coefficient (Wildman–Crippen LogP) is 1.79. The number of H-pyrrole nitrogens is 1. The van der Waals surface area contributed by atoms with Crippen LogP contribution in [0.15, 0.2) is 41.2 Å². The first-order valence-corrected chi connectivity index (χ1v) is 9.22. The monoisotopic (exact) mass is 371 g/mol. The van der Waals surface area contributed by atoms with Gasteiger partial charge in [0.2, 0.25) is 0 Å². The molecule has 1 aromatic heterocycles. The number of hydrogen-bond acceptors (Lipinski definition) is 5. The SMILES string of the molecule is CCN(CC)Cc1ccc(C(=O)NCC2COc3ccccc3O2)c(=O)[nH]1. The van der Waals surface area contributed by atoms with Crippen molar-refractivity contribution in [3.05, 3.63) is 58.0 Å².